The van der Waals surface area contributed by atoms with Crippen molar-refractivity contribution in [1.82, 2.24) is 4.98 Å². The fourth-order valence-corrected chi connectivity index (χ4v) is 2.36. The third-order valence-electron chi connectivity index (χ3n) is 3.29. The first-order valence-corrected chi connectivity index (χ1v) is 6.80. The molecule has 0 bridgehead atoms. The van der Waals surface area contributed by atoms with E-state index in [4.69, 9.17) is 0 Å². The molecule has 0 aliphatic heterocycles. The van der Waals surface area contributed by atoms with Crippen molar-refractivity contribution in [2.75, 3.05) is 0 Å². The number of hydrogen-bond acceptors (Lipinski definition) is 3. The molecule has 0 saturated heterocycles. The van der Waals surface area contributed by atoms with Crippen LogP contribution in [0.5, 0.6) is 0 Å². The maximum absolute atomic E-state index is 12.6. The summed E-state index contributed by atoms with van der Waals surface area (Å²) < 4.78 is 0. The van der Waals surface area contributed by atoms with Crippen molar-refractivity contribution in [1.29, 1.82) is 0 Å². The van der Waals surface area contributed by atoms with Gasteiger partial charge in [-0.15, -0.1) is 12.6 Å². The summed E-state index contributed by atoms with van der Waals surface area (Å²) in [7, 11) is 0. The van der Waals surface area contributed by atoms with Crippen molar-refractivity contribution >= 4 is 29.3 Å². The Balaban J connectivity index is 2.11. The van der Waals surface area contributed by atoms with Crippen LogP contribution in [0.1, 0.15) is 21.6 Å². The number of carbonyl (C=O) groups excluding carboxylic acids is 1. The van der Waals surface area contributed by atoms with Crippen LogP contribution in [0.2, 0.25) is 0 Å². The molecule has 20 heavy (non-hydrogen) atoms. The van der Waals surface area contributed by atoms with Crippen LogP contribution in [0.3, 0.4) is 0 Å². The largest absolute Gasteiger partial charge is 0.289 e. The molecule has 2 aromatic carbocycles. The molecule has 0 unspecified atom stereocenters. The number of carbonyl (C=O) groups is 1. The Labute approximate surface area is 122 Å². The fraction of sp³-hybridized carbons (Fsp3) is 0.0588. The molecule has 0 spiro atoms. The molecular formula is C17H13NOS. The summed E-state index contributed by atoms with van der Waals surface area (Å²) in [5, 5.41) is 0.979. The van der Waals surface area contributed by atoms with Gasteiger partial charge in [-0.25, -0.2) is 0 Å². The molecule has 0 amide bonds. The summed E-state index contributed by atoms with van der Waals surface area (Å²) in [6.45, 7) is 1.87. The Morgan fingerprint density at radius 1 is 1.05 bits per heavy atom. The highest BCUT2D eigenvalue weighted by atomic mass is 32.1. The summed E-state index contributed by atoms with van der Waals surface area (Å²) >= 11 is 4.23. The van der Waals surface area contributed by atoms with E-state index in [0.717, 1.165) is 21.5 Å². The van der Waals surface area contributed by atoms with Crippen molar-refractivity contribution in [2.24, 2.45) is 0 Å². The number of fused-ring (bicyclic) bond motifs is 1. The lowest BCUT2D eigenvalue weighted by atomic mass is 10.0. The first kappa shape index (κ1) is 12.9. The minimum Gasteiger partial charge on any atom is -0.289 e. The second-order valence-electron chi connectivity index (χ2n) is 4.69. The third-order valence-corrected chi connectivity index (χ3v) is 3.59. The summed E-state index contributed by atoms with van der Waals surface area (Å²) in [6, 6.07) is 16.9. The van der Waals surface area contributed by atoms with Crippen LogP contribution in [0.15, 0.2) is 59.5 Å². The van der Waals surface area contributed by atoms with Gasteiger partial charge >= 0.3 is 0 Å². The van der Waals surface area contributed by atoms with Crippen molar-refractivity contribution < 1.29 is 4.79 Å². The first-order chi connectivity index (χ1) is 9.65. The zero-order valence-corrected chi connectivity index (χ0v) is 11.9. The molecule has 0 radical (unpaired) electrons. The predicted octanol–water partition coefficient (Wildman–Crippen LogP) is 4.06. The smallest absolute Gasteiger partial charge is 0.194 e. The van der Waals surface area contributed by atoms with E-state index in [0.29, 0.717) is 11.1 Å². The van der Waals surface area contributed by atoms with Crippen LogP contribution in [-0.2, 0) is 0 Å². The van der Waals surface area contributed by atoms with Crippen LogP contribution >= 0.6 is 12.6 Å². The second-order valence-corrected chi connectivity index (χ2v) is 5.21. The zero-order valence-electron chi connectivity index (χ0n) is 11.0. The molecule has 3 aromatic rings. The van der Waals surface area contributed by atoms with E-state index in [2.05, 4.69) is 17.6 Å². The maximum Gasteiger partial charge on any atom is 0.194 e. The van der Waals surface area contributed by atoms with Crippen LogP contribution < -0.4 is 0 Å². The van der Waals surface area contributed by atoms with Gasteiger partial charge in [-0.2, -0.15) is 0 Å². The van der Waals surface area contributed by atoms with Crippen LogP contribution in [0.25, 0.3) is 10.9 Å². The van der Waals surface area contributed by atoms with E-state index >= 15 is 0 Å². The van der Waals surface area contributed by atoms with Gasteiger partial charge < -0.3 is 0 Å². The molecule has 98 valence electrons. The quantitative estimate of drug-likeness (QED) is 0.566. The minimum atomic E-state index is -0.00548. The summed E-state index contributed by atoms with van der Waals surface area (Å²) in [6.07, 6.45) is 0. The molecular weight excluding hydrogens is 266 g/mol. The standard InChI is InChI=1S/C17H13NOS/c1-11-15(10-13-4-2-3-5-16(13)18-11)17(19)12-6-8-14(20)9-7-12/h2-10,20H,1H3. The monoisotopic (exact) mass is 279 g/mol. The number of aryl methyl sites for hydroxylation is 1. The van der Waals surface area contributed by atoms with E-state index in [1.54, 1.807) is 12.1 Å². The number of pyridine rings is 1. The Morgan fingerprint density at radius 2 is 1.75 bits per heavy atom. The second kappa shape index (κ2) is 5.10. The van der Waals surface area contributed by atoms with Crippen LogP contribution in [0.4, 0.5) is 0 Å². The lowest BCUT2D eigenvalue weighted by Crippen LogP contribution is -2.05. The molecule has 0 atom stereocenters. The van der Waals surface area contributed by atoms with Crippen molar-refractivity contribution in [3.63, 3.8) is 0 Å². The van der Waals surface area contributed by atoms with Gasteiger partial charge in [-0.05, 0) is 43.3 Å². The van der Waals surface area contributed by atoms with Crippen molar-refractivity contribution in [3.05, 3.63) is 71.4 Å². The number of para-hydroxylation sites is 1. The zero-order chi connectivity index (χ0) is 14.1. The maximum atomic E-state index is 12.6. The Bertz CT molecular complexity index is 794. The lowest BCUT2D eigenvalue weighted by Gasteiger charge is -2.07. The number of rotatable bonds is 2. The van der Waals surface area contributed by atoms with Gasteiger partial charge in [0.05, 0.1) is 5.52 Å². The van der Waals surface area contributed by atoms with Gasteiger partial charge in [0.15, 0.2) is 5.78 Å². The van der Waals surface area contributed by atoms with Gasteiger partial charge in [0, 0.05) is 27.1 Å². The number of ketones is 1. The van der Waals surface area contributed by atoms with E-state index < -0.39 is 0 Å². The summed E-state index contributed by atoms with van der Waals surface area (Å²) in [5.74, 6) is -0.00548. The number of nitrogens with zero attached hydrogens (tertiary/aromatic N) is 1. The molecule has 3 heteroatoms. The highest BCUT2D eigenvalue weighted by Crippen LogP contribution is 2.20. The minimum absolute atomic E-state index is 0.00548. The molecule has 1 heterocycles. The van der Waals surface area contributed by atoms with Gasteiger partial charge in [-0.3, -0.25) is 9.78 Å². The Morgan fingerprint density at radius 3 is 2.50 bits per heavy atom. The normalized spacial score (nSPS) is 10.7. The molecule has 2 nitrogen and oxygen atoms in total. The first-order valence-electron chi connectivity index (χ1n) is 6.35. The molecule has 0 N–H and O–H groups in total. The SMILES string of the molecule is Cc1nc2ccccc2cc1C(=O)c1ccc(S)cc1. The number of benzene rings is 2. The van der Waals surface area contributed by atoms with Gasteiger partial charge in [0.2, 0.25) is 0 Å². The Hall–Kier alpha value is -2.13. The average molecular weight is 279 g/mol. The molecule has 0 aliphatic carbocycles. The van der Waals surface area contributed by atoms with Crippen molar-refractivity contribution in [3.8, 4) is 0 Å². The predicted molar refractivity (Wildman–Crippen MR) is 83.6 cm³/mol. The number of hydrogen-bond donors (Lipinski definition) is 1. The number of thiol groups is 1. The Kier molecular flexibility index (Phi) is 3.28. The van der Waals surface area contributed by atoms with E-state index in [9.17, 15) is 4.79 Å². The van der Waals surface area contributed by atoms with Crippen LogP contribution in [-0.4, -0.2) is 10.8 Å². The van der Waals surface area contributed by atoms with Gasteiger partial charge in [0.1, 0.15) is 0 Å². The molecule has 0 saturated carbocycles. The molecule has 3 rings (SSSR count). The van der Waals surface area contributed by atoms with E-state index in [1.165, 1.54) is 0 Å². The van der Waals surface area contributed by atoms with Gasteiger partial charge in [-0.1, -0.05) is 18.2 Å². The van der Waals surface area contributed by atoms with Crippen molar-refractivity contribution in [2.45, 2.75) is 11.8 Å². The van der Waals surface area contributed by atoms with Gasteiger partial charge in [0.25, 0.3) is 0 Å². The number of aromatic nitrogens is 1. The van der Waals surface area contributed by atoms with Crippen LogP contribution in [0, 0.1) is 6.92 Å². The lowest BCUT2D eigenvalue weighted by molar-refractivity contribution is 0.103. The molecule has 0 fully saturated rings. The average Bonchev–Trinajstić information content (AvgIpc) is 2.46. The molecule has 0 aliphatic rings. The van der Waals surface area contributed by atoms with E-state index in [-0.39, 0.29) is 5.78 Å². The highest BCUT2D eigenvalue weighted by molar-refractivity contribution is 7.80. The molecule has 1 aromatic heterocycles. The fourth-order valence-electron chi connectivity index (χ4n) is 2.21. The highest BCUT2D eigenvalue weighted by Gasteiger charge is 2.13. The van der Waals surface area contributed by atoms with E-state index in [1.807, 2.05) is 49.4 Å². The summed E-state index contributed by atoms with van der Waals surface area (Å²) in [4.78, 5) is 17.9. The topological polar surface area (TPSA) is 30.0 Å². The third kappa shape index (κ3) is 2.32. The summed E-state index contributed by atoms with van der Waals surface area (Å²) in [5.41, 5.74) is 2.97.